The molecule has 3 aliphatic rings. The zero-order valence-corrected chi connectivity index (χ0v) is 24.6. The fourth-order valence-corrected chi connectivity index (χ4v) is 6.60. The van der Waals surface area contributed by atoms with E-state index in [1.165, 1.54) is 12.0 Å². The Morgan fingerprint density at radius 1 is 0.636 bits per heavy atom. The molecular weight excluding hydrogens is 546 g/mol. The molecule has 1 unspecified atom stereocenters. The van der Waals surface area contributed by atoms with Crippen LogP contribution in [0.15, 0.2) is 121 Å². The molecule has 1 amide bonds. The summed E-state index contributed by atoms with van der Waals surface area (Å²) in [4.78, 5) is 16.1. The minimum atomic E-state index is -0.595. The predicted octanol–water partition coefficient (Wildman–Crippen LogP) is 8.00. The average molecular weight is 582 g/mol. The van der Waals surface area contributed by atoms with Crippen LogP contribution in [-0.4, -0.2) is 24.2 Å². The van der Waals surface area contributed by atoms with Crippen molar-refractivity contribution in [2.24, 2.45) is 0 Å². The molecule has 5 aromatic carbocycles. The SMILES string of the molecule is O=C1C(c2cc3c(cc2O)CCCO3)c2ccccc2N1C(c1ccccc1)c1ccccc1.c1ccc2c(c1)CCCO2. The number of aryl methyl sites for hydroxylation is 2. The summed E-state index contributed by atoms with van der Waals surface area (Å²) in [5.41, 5.74) is 6.79. The summed E-state index contributed by atoms with van der Waals surface area (Å²) in [7, 11) is 0. The number of benzene rings is 5. The molecule has 3 aliphatic heterocycles. The van der Waals surface area contributed by atoms with Crippen molar-refractivity contribution in [2.45, 2.75) is 37.6 Å². The molecule has 0 saturated heterocycles. The van der Waals surface area contributed by atoms with Gasteiger partial charge in [0, 0.05) is 11.3 Å². The van der Waals surface area contributed by atoms with E-state index in [1.54, 1.807) is 6.07 Å². The summed E-state index contributed by atoms with van der Waals surface area (Å²) < 4.78 is 11.3. The van der Waals surface area contributed by atoms with Crippen LogP contribution in [0.3, 0.4) is 0 Å². The van der Waals surface area contributed by atoms with Crippen LogP contribution in [-0.2, 0) is 17.6 Å². The first-order valence-electron chi connectivity index (χ1n) is 15.4. The number of fused-ring (bicyclic) bond motifs is 3. The van der Waals surface area contributed by atoms with Gasteiger partial charge < -0.3 is 14.6 Å². The average Bonchev–Trinajstić information content (AvgIpc) is 3.37. The van der Waals surface area contributed by atoms with Gasteiger partial charge >= 0.3 is 0 Å². The number of carbonyl (C=O) groups excluding carboxylic acids is 1. The van der Waals surface area contributed by atoms with Crippen LogP contribution in [0.2, 0.25) is 0 Å². The number of carbonyl (C=O) groups is 1. The van der Waals surface area contributed by atoms with Crippen molar-refractivity contribution < 1.29 is 19.4 Å². The Labute approximate surface area is 258 Å². The lowest BCUT2D eigenvalue weighted by Gasteiger charge is -2.30. The molecule has 0 radical (unpaired) electrons. The number of hydrogen-bond acceptors (Lipinski definition) is 4. The monoisotopic (exact) mass is 581 g/mol. The second-order valence-electron chi connectivity index (χ2n) is 11.5. The number of phenolic OH excluding ortho intramolecular Hbond substituents is 1. The van der Waals surface area contributed by atoms with Gasteiger partial charge in [0.1, 0.15) is 17.2 Å². The summed E-state index contributed by atoms with van der Waals surface area (Å²) in [6.45, 7) is 1.54. The Hall–Kier alpha value is -5.03. The van der Waals surface area contributed by atoms with Crippen LogP contribution in [0.1, 0.15) is 58.2 Å². The Morgan fingerprint density at radius 2 is 1.23 bits per heavy atom. The second kappa shape index (κ2) is 12.3. The minimum absolute atomic E-state index is 0.0510. The molecular formula is C39H35NO4. The van der Waals surface area contributed by atoms with E-state index < -0.39 is 5.92 Å². The minimum Gasteiger partial charge on any atom is -0.508 e. The maximum Gasteiger partial charge on any atom is 0.240 e. The van der Waals surface area contributed by atoms with Gasteiger partial charge in [-0.15, -0.1) is 0 Å². The first kappa shape index (κ1) is 27.8. The van der Waals surface area contributed by atoms with Gasteiger partial charge in [-0.1, -0.05) is 97.1 Å². The third-order valence-electron chi connectivity index (χ3n) is 8.67. The summed E-state index contributed by atoms with van der Waals surface area (Å²) in [5, 5.41) is 11.0. The maximum atomic E-state index is 14.2. The standard InChI is InChI=1S/C30H25NO3.C9H10O/c32-26-18-22-14-9-17-34-27(22)19-24(26)28-23-15-7-8-16-25(23)31(30(28)33)29(20-10-3-1-4-11-20)21-12-5-2-6-13-21;1-2-6-9-8(4-1)5-3-7-10-9/h1-8,10-13,15-16,18-19,28-29,32H,9,14,17H2;1-2,4,6H,3,5,7H2. The first-order valence-corrected chi connectivity index (χ1v) is 15.4. The van der Waals surface area contributed by atoms with Crippen molar-refractivity contribution >= 4 is 11.6 Å². The molecule has 0 aromatic heterocycles. The Balaban J connectivity index is 0.000000264. The quantitative estimate of drug-likeness (QED) is 0.234. The number of hydrogen-bond donors (Lipinski definition) is 1. The van der Waals surface area contributed by atoms with E-state index in [0.29, 0.717) is 12.2 Å². The topological polar surface area (TPSA) is 59.0 Å². The van der Waals surface area contributed by atoms with Crippen molar-refractivity contribution in [3.63, 3.8) is 0 Å². The molecule has 220 valence electrons. The predicted molar refractivity (Wildman–Crippen MR) is 173 cm³/mol. The maximum absolute atomic E-state index is 14.2. The van der Waals surface area contributed by atoms with Crippen LogP contribution in [0.5, 0.6) is 17.2 Å². The van der Waals surface area contributed by atoms with E-state index >= 15 is 0 Å². The van der Waals surface area contributed by atoms with Gasteiger partial charge in [0.15, 0.2) is 0 Å². The third-order valence-corrected chi connectivity index (χ3v) is 8.67. The van der Waals surface area contributed by atoms with Gasteiger partial charge in [0.2, 0.25) is 5.91 Å². The number of rotatable bonds is 4. The molecule has 0 saturated carbocycles. The highest BCUT2D eigenvalue weighted by Gasteiger charge is 2.43. The van der Waals surface area contributed by atoms with Gasteiger partial charge in [0.25, 0.3) is 0 Å². The van der Waals surface area contributed by atoms with E-state index in [4.69, 9.17) is 9.47 Å². The third kappa shape index (κ3) is 5.30. The van der Waals surface area contributed by atoms with E-state index in [-0.39, 0.29) is 17.7 Å². The van der Waals surface area contributed by atoms with E-state index in [1.807, 2.05) is 83.8 Å². The molecule has 0 bridgehead atoms. The number of aromatic hydroxyl groups is 1. The van der Waals surface area contributed by atoms with Crippen molar-refractivity contribution in [1.29, 1.82) is 0 Å². The number of para-hydroxylation sites is 2. The summed E-state index contributed by atoms with van der Waals surface area (Å²) in [6, 6.07) is 39.7. The molecule has 1 atom stereocenters. The Kier molecular flexibility index (Phi) is 7.76. The molecule has 0 fully saturated rings. The number of ether oxygens (including phenoxy) is 2. The van der Waals surface area contributed by atoms with Crippen molar-refractivity contribution in [2.75, 3.05) is 18.1 Å². The zero-order chi connectivity index (χ0) is 29.9. The molecule has 0 spiro atoms. The molecule has 44 heavy (non-hydrogen) atoms. The molecule has 5 heteroatoms. The Bertz CT molecular complexity index is 1700. The van der Waals surface area contributed by atoms with E-state index in [9.17, 15) is 9.90 Å². The van der Waals surface area contributed by atoms with Gasteiger partial charge in [-0.05, 0) is 77.8 Å². The fraction of sp³-hybridized carbons (Fsp3) is 0.205. The van der Waals surface area contributed by atoms with E-state index in [0.717, 1.165) is 65.3 Å². The van der Waals surface area contributed by atoms with Crippen molar-refractivity contribution in [1.82, 2.24) is 0 Å². The molecule has 3 heterocycles. The zero-order valence-electron chi connectivity index (χ0n) is 24.6. The van der Waals surface area contributed by atoms with Gasteiger partial charge in [-0.25, -0.2) is 0 Å². The second-order valence-corrected chi connectivity index (χ2v) is 11.5. The smallest absolute Gasteiger partial charge is 0.240 e. The van der Waals surface area contributed by atoms with Crippen molar-refractivity contribution in [3.05, 3.63) is 155 Å². The fourth-order valence-electron chi connectivity index (χ4n) is 6.60. The summed E-state index contributed by atoms with van der Waals surface area (Å²) in [6.07, 6.45) is 4.14. The number of phenols is 1. The van der Waals surface area contributed by atoms with Crippen LogP contribution in [0.4, 0.5) is 5.69 Å². The molecule has 1 N–H and O–H groups in total. The highest BCUT2D eigenvalue weighted by molar-refractivity contribution is 6.08. The van der Waals surface area contributed by atoms with Crippen LogP contribution >= 0.6 is 0 Å². The van der Waals surface area contributed by atoms with Crippen LogP contribution in [0, 0.1) is 0 Å². The lowest BCUT2D eigenvalue weighted by molar-refractivity contribution is -0.118. The van der Waals surface area contributed by atoms with Crippen LogP contribution < -0.4 is 14.4 Å². The number of amides is 1. The summed E-state index contributed by atoms with van der Waals surface area (Å²) in [5.74, 6) is 1.35. The molecule has 5 nitrogen and oxygen atoms in total. The highest BCUT2D eigenvalue weighted by Crippen LogP contribution is 2.49. The van der Waals surface area contributed by atoms with Crippen molar-refractivity contribution in [3.8, 4) is 17.2 Å². The lowest BCUT2D eigenvalue weighted by Crippen LogP contribution is -2.34. The summed E-state index contributed by atoms with van der Waals surface area (Å²) >= 11 is 0. The molecule has 0 aliphatic carbocycles. The van der Waals surface area contributed by atoms with Gasteiger partial charge in [-0.3, -0.25) is 9.69 Å². The number of anilines is 1. The lowest BCUT2D eigenvalue weighted by atomic mass is 9.89. The Morgan fingerprint density at radius 3 is 1.93 bits per heavy atom. The number of nitrogens with zero attached hydrogens (tertiary/aromatic N) is 1. The first-order chi connectivity index (χ1) is 21.7. The van der Waals surface area contributed by atoms with Gasteiger partial charge in [-0.2, -0.15) is 0 Å². The largest absolute Gasteiger partial charge is 0.508 e. The van der Waals surface area contributed by atoms with Gasteiger partial charge in [0.05, 0.1) is 25.2 Å². The van der Waals surface area contributed by atoms with Crippen LogP contribution in [0.25, 0.3) is 0 Å². The normalized spacial score (nSPS) is 16.5. The molecule has 5 aromatic rings. The highest BCUT2D eigenvalue weighted by atomic mass is 16.5. The molecule has 8 rings (SSSR count). The van der Waals surface area contributed by atoms with E-state index in [2.05, 4.69) is 36.4 Å².